The Morgan fingerprint density at radius 1 is 0.853 bits per heavy atom. The molecule has 5 nitrogen and oxygen atoms in total. The summed E-state index contributed by atoms with van der Waals surface area (Å²) in [6, 6.07) is 11.5. The van der Waals surface area contributed by atoms with Crippen LogP contribution in [-0.2, 0) is 13.1 Å². The summed E-state index contributed by atoms with van der Waals surface area (Å²) in [4.78, 5) is 12.7. The Bertz CT molecular complexity index is 838. The zero-order chi connectivity index (χ0) is 24.4. The number of aryl methyl sites for hydroxylation is 1. The van der Waals surface area contributed by atoms with Crippen LogP contribution in [0.5, 0.6) is 11.5 Å². The van der Waals surface area contributed by atoms with Crippen LogP contribution in [0.3, 0.4) is 0 Å². The summed E-state index contributed by atoms with van der Waals surface area (Å²) in [5.74, 6) is 1.17. The molecule has 188 valence electrons. The third-order valence-electron chi connectivity index (χ3n) is 6.11. The van der Waals surface area contributed by atoms with E-state index >= 15 is 0 Å². The van der Waals surface area contributed by atoms with Crippen molar-refractivity contribution in [2.75, 3.05) is 13.7 Å². The molecule has 0 aliphatic heterocycles. The Balaban J connectivity index is 1.72. The van der Waals surface area contributed by atoms with Crippen LogP contribution in [-0.4, -0.2) is 19.6 Å². The molecular formula is C29H45N2O3+. The van der Waals surface area contributed by atoms with Crippen LogP contribution in [0.4, 0.5) is 0 Å². The highest BCUT2D eigenvalue weighted by atomic mass is 16.5. The summed E-state index contributed by atoms with van der Waals surface area (Å²) in [7, 11) is 1.61. The second-order valence-electron chi connectivity index (χ2n) is 8.96. The molecule has 2 rings (SSSR count). The number of hydrogen-bond donors (Lipinski definition) is 1. The molecule has 0 bridgehead atoms. The highest BCUT2D eigenvalue weighted by Crippen LogP contribution is 2.28. The van der Waals surface area contributed by atoms with Gasteiger partial charge in [-0.15, -0.1) is 0 Å². The van der Waals surface area contributed by atoms with E-state index in [1.165, 1.54) is 57.8 Å². The Hall–Kier alpha value is -2.56. The molecule has 0 aliphatic carbocycles. The molecule has 0 radical (unpaired) electrons. The standard InChI is InChI=1S/C29H44N2O3/c1-4-6-7-8-9-10-11-12-13-16-22-34-27-19-18-25(23-28(27)33-3)29(32)30-24-26-17-14-15-21-31(26)20-5-2/h14-15,17-19,21,23H,4-13,16,20,22,24H2,1-3H3/p+1. The fourth-order valence-electron chi connectivity index (χ4n) is 4.10. The number of rotatable bonds is 18. The number of ether oxygens (including phenoxy) is 2. The molecule has 0 unspecified atom stereocenters. The van der Waals surface area contributed by atoms with Crippen molar-refractivity contribution in [1.29, 1.82) is 0 Å². The lowest BCUT2D eigenvalue weighted by Gasteiger charge is -2.12. The van der Waals surface area contributed by atoms with Crippen molar-refractivity contribution in [3.8, 4) is 11.5 Å². The lowest BCUT2D eigenvalue weighted by molar-refractivity contribution is -0.704. The fourth-order valence-corrected chi connectivity index (χ4v) is 4.10. The summed E-state index contributed by atoms with van der Waals surface area (Å²) in [5, 5.41) is 3.02. The number of carbonyl (C=O) groups excluding carboxylic acids is 1. The zero-order valence-corrected chi connectivity index (χ0v) is 21.6. The van der Waals surface area contributed by atoms with Crippen LogP contribution >= 0.6 is 0 Å². The monoisotopic (exact) mass is 469 g/mol. The smallest absolute Gasteiger partial charge is 0.251 e. The maximum atomic E-state index is 12.7. The molecule has 1 N–H and O–H groups in total. The largest absolute Gasteiger partial charge is 0.493 e. The Morgan fingerprint density at radius 2 is 1.56 bits per heavy atom. The maximum absolute atomic E-state index is 12.7. The first-order valence-electron chi connectivity index (χ1n) is 13.3. The van der Waals surface area contributed by atoms with E-state index in [0.29, 0.717) is 30.2 Å². The molecule has 0 aliphatic rings. The Kier molecular flexibility index (Phi) is 13.8. The number of methoxy groups -OCH3 is 1. The molecule has 0 spiro atoms. The summed E-state index contributed by atoms with van der Waals surface area (Å²) in [6.07, 6.45) is 16.1. The first-order chi connectivity index (χ1) is 16.7. The number of aromatic nitrogens is 1. The fraction of sp³-hybridized carbons (Fsp3) is 0.586. The van der Waals surface area contributed by atoms with Gasteiger partial charge in [-0.25, -0.2) is 4.57 Å². The van der Waals surface area contributed by atoms with Crippen molar-refractivity contribution < 1.29 is 18.8 Å². The van der Waals surface area contributed by atoms with Gasteiger partial charge in [-0.05, 0) is 24.6 Å². The zero-order valence-electron chi connectivity index (χ0n) is 21.6. The van der Waals surface area contributed by atoms with Gasteiger partial charge in [-0.1, -0.05) is 77.7 Å². The first-order valence-corrected chi connectivity index (χ1v) is 13.3. The molecular weight excluding hydrogens is 424 g/mol. The summed E-state index contributed by atoms with van der Waals surface area (Å²) >= 11 is 0. The van der Waals surface area contributed by atoms with Crippen molar-refractivity contribution in [3.05, 3.63) is 53.9 Å². The van der Waals surface area contributed by atoms with Gasteiger partial charge >= 0.3 is 0 Å². The summed E-state index contributed by atoms with van der Waals surface area (Å²) in [5.41, 5.74) is 1.65. The molecule has 5 heteroatoms. The van der Waals surface area contributed by atoms with Crippen LogP contribution in [0.15, 0.2) is 42.6 Å². The second kappa shape index (κ2) is 17.0. The van der Waals surface area contributed by atoms with E-state index < -0.39 is 0 Å². The first kappa shape index (κ1) is 27.7. The third kappa shape index (κ3) is 10.1. The average molecular weight is 470 g/mol. The van der Waals surface area contributed by atoms with E-state index in [4.69, 9.17) is 9.47 Å². The number of amides is 1. The topological polar surface area (TPSA) is 51.4 Å². The van der Waals surface area contributed by atoms with Crippen molar-refractivity contribution in [3.63, 3.8) is 0 Å². The van der Waals surface area contributed by atoms with Gasteiger partial charge in [0.05, 0.1) is 13.7 Å². The third-order valence-corrected chi connectivity index (χ3v) is 6.11. The lowest BCUT2D eigenvalue weighted by atomic mass is 10.1. The SMILES string of the molecule is CCCCCCCCCCCCOc1ccc(C(=O)NCc2cccc[n+]2CCC)cc1OC. The Labute approximate surface area is 206 Å². The van der Waals surface area contributed by atoms with Crippen molar-refractivity contribution in [1.82, 2.24) is 5.32 Å². The summed E-state index contributed by atoms with van der Waals surface area (Å²) in [6.45, 7) is 6.50. The molecule has 1 aromatic carbocycles. The number of nitrogens with one attached hydrogen (secondary N) is 1. The van der Waals surface area contributed by atoms with Gasteiger partial charge in [0.15, 0.2) is 17.7 Å². The van der Waals surface area contributed by atoms with Crippen molar-refractivity contribution >= 4 is 5.91 Å². The predicted octanol–water partition coefficient (Wildman–Crippen LogP) is 6.62. The van der Waals surface area contributed by atoms with Gasteiger partial charge in [-0.3, -0.25) is 4.79 Å². The van der Waals surface area contributed by atoms with Crippen LogP contribution in [0.25, 0.3) is 0 Å². The van der Waals surface area contributed by atoms with Gasteiger partial charge in [0.2, 0.25) is 5.69 Å². The minimum absolute atomic E-state index is 0.119. The number of benzene rings is 1. The van der Waals surface area contributed by atoms with Gasteiger partial charge in [0.1, 0.15) is 13.1 Å². The van der Waals surface area contributed by atoms with Crippen LogP contribution < -0.4 is 19.4 Å². The molecule has 0 saturated carbocycles. The number of unbranched alkanes of at least 4 members (excludes halogenated alkanes) is 9. The number of hydrogen-bond acceptors (Lipinski definition) is 3. The van der Waals surface area contributed by atoms with E-state index in [1.54, 1.807) is 19.2 Å². The second-order valence-corrected chi connectivity index (χ2v) is 8.96. The minimum atomic E-state index is -0.119. The highest BCUT2D eigenvalue weighted by molar-refractivity contribution is 5.94. The molecule has 1 heterocycles. The molecule has 34 heavy (non-hydrogen) atoms. The maximum Gasteiger partial charge on any atom is 0.251 e. The molecule has 0 saturated heterocycles. The van der Waals surface area contributed by atoms with Crippen LogP contribution in [0.1, 0.15) is 101 Å². The summed E-state index contributed by atoms with van der Waals surface area (Å²) < 4.78 is 13.6. The minimum Gasteiger partial charge on any atom is -0.493 e. The quantitative estimate of drug-likeness (QED) is 0.197. The van der Waals surface area contributed by atoms with Gasteiger partial charge in [0.25, 0.3) is 5.91 Å². The highest BCUT2D eigenvalue weighted by Gasteiger charge is 2.14. The average Bonchev–Trinajstić information content (AvgIpc) is 2.86. The van der Waals surface area contributed by atoms with Crippen LogP contribution in [0.2, 0.25) is 0 Å². The normalized spacial score (nSPS) is 10.8. The molecule has 0 atom stereocenters. The number of pyridine rings is 1. The van der Waals surface area contributed by atoms with Crippen molar-refractivity contribution in [2.45, 2.75) is 97.6 Å². The van der Waals surface area contributed by atoms with Crippen LogP contribution in [0, 0.1) is 0 Å². The molecule has 2 aromatic rings. The van der Waals surface area contributed by atoms with E-state index in [0.717, 1.165) is 25.1 Å². The lowest BCUT2D eigenvalue weighted by Crippen LogP contribution is -2.40. The van der Waals surface area contributed by atoms with E-state index in [-0.39, 0.29) is 5.91 Å². The van der Waals surface area contributed by atoms with E-state index in [1.807, 2.05) is 24.3 Å². The number of nitrogens with zero attached hydrogens (tertiary/aromatic N) is 1. The van der Waals surface area contributed by atoms with E-state index in [2.05, 4.69) is 29.9 Å². The Morgan fingerprint density at radius 3 is 2.24 bits per heavy atom. The van der Waals surface area contributed by atoms with Gasteiger partial charge in [0, 0.05) is 24.1 Å². The molecule has 1 aromatic heterocycles. The van der Waals surface area contributed by atoms with Gasteiger partial charge in [-0.2, -0.15) is 0 Å². The molecule has 1 amide bonds. The van der Waals surface area contributed by atoms with Gasteiger partial charge < -0.3 is 14.8 Å². The predicted molar refractivity (Wildman–Crippen MR) is 138 cm³/mol. The van der Waals surface area contributed by atoms with E-state index in [9.17, 15) is 4.79 Å². The molecule has 0 fully saturated rings. The van der Waals surface area contributed by atoms with Crippen molar-refractivity contribution in [2.24, 2.45) is 0 Å². The number of carbonyl (C=O) groups is 1.